The van der Waals surface area contributed by atoms with Gasteiger partial charge in [0.15, 0.2) is 5.75 Å². The highest BCUT2D eigenvalue weighted by molar-refractivity contribution is 5.93. The summed E-state index contributed by atoms with van der Waals surface area (Å²) in [5, 5.41) is 4.13. The summed E-state index contributed by atoms with van der Waals surface area (Å²) < 4.78 is 5.72. The molecule has 0 unspecified atom stereocenters. The molecule has 0 aromatic heterocycles. The van der Waals surface area contributed by atoms with Crippen LogP contribution in [0.25, 0.3) is 0 Å². The van der Waals surface area contributed by atoms with E-state index < -0.39 is 0 Å². The van der Waals surface area contributed by atoms with Crippen molar-refractivity contribution in [2.24, 2.45) is 5.16 Å². The Morgan fingerprint density at radius 3 is 2.24 bits per heavy atom. The van der Waals surface area contributed by atoms with Crippen LogP contribution in [0.2, 0.25) is 0 Å². The van der Waals surface area contributed by atoms with Crippen molar-refractivity contribution in [1.82, 2.24) is 0 Å². The molecule has 3 heteroatoms. The van der Waals surface area contributed by atoms with Gasteiger partial charge in [-0.05, 0) is 36.3 Å². The monoisotopic (exact) mass is 281 g/mol. The molecule has 0 aliphatic carbocycles. The third-order valence-corrected chi connectivity index (χ3v) is 2.77. The van der Waals surface area contributed by atoms with Gasteiger partial charge in [-0.2, -0.15) is 0 Å². The van der Waals surface area contributed by atoms with Crippen LogP contribution < -0.4 is 4.84 Å². The fourth-order valence-corrected chi connectivity index (χ4v) is 1.64. The van der Waals surface area contributed by atoms with Crippen LogP contribution in [0.1, 0.15) is 18.9 Å². The lowest BCUT2D eigenvalue weighted by atomic mass is 10.2. The minimum Gasteiger partial charge on any atom is -0.475 e. The van der Waals surface area contributed by atoms with Gasteiger partial charge in [0.25, 0.3) is 5.90 Å². The van der Waals surface area contributed by atoms with Crippen LogP contribution in [0.5, 0.6) is 5.75 Å². The fraction of sp³-hybridized carbons (Fsp3) is 0.167. The Morgan fingerprint density at radius 2 is 1.62 bits per heavy atom. The Kier molecular flexibility index (Phi) is 5.59. The van der Waals surface area contributed by atoms with Crippen molar-refractivity contribution in [3.8, 4) is 5.75 Å². The molecule has 0 amide bonds. The van der Waals surface area contributed by atoms with Crippen LogP contribution in [0, 0.1) is 0 Å². The average molecular weight is 281 g/mol. The molecule has 3 nitrogen and oxygen atoms in total. The van der Waals surface area contributed by atoms with Crippen LogP contribution in [0.3, 0.4) is 0 Å². The van der Waals surface area contributed by atoms with Crippen LogP contribution in [0.15, 0.2) is 78.0 Å². The summed E-state index contributed by atoms with van der Waals surface area (Å²) in [5.74, 6) is 1.15. The largest absolute Gasteiger partial charge is 0.475 e. The molecule has 0 aliphatic heterocycles. The normalized spacial score (nSPS) is 11.0. The van der Waals surface area contributed by atoms with E-state index in [1.807, 2.05) is 67.6 Å². The van der Waals surface area contributed by atoms with Crippen LogP contribution in [0.4, 0.5) is 0 Å². The zero-order valence-corrected chi connectivity index (χ0v) is 12.2. The maximum Gasteiger partial charge on any atom is 0.258 e. The lowest BCUT2D eigenvalue weighted by molar-refractivity contribution is 0.269. The number of hydrogen-bond acceptors (Lipinski definition) is 3. The highest BCUT2D eigenvalue weighted by Crippen LogP contribution is 2.11. The third kappa shape index (κ3) is 5.15. The summed E-state index contributed by atoms with van der Waals surface area (Å²) in [6.45, 7) is 6.37. The summed E-state index contributed by atoms with van der Waals surface area (Å²) in [6.07, 6.45) is 0.789. The molecule has 0 saturated heterocycles. The molecular formula is C18H19NO2. The van der Waals surface area contributed by atoms with Gasteiger partial charge in [-0.25, -0.2) is 0 Å². The highest BCUT2D eigenvalue weighted by atomic mass is 16.6. The maximum absolute atomic E-state index is 5.72. The summed E-state index contributed by atoms with van der Waals surface area (Å²) >= 11 is 0. The van der Waals surface area contributed by atoms with Gasteiger partial charge in [-0.15, -0.1) is 6.58 Å². The molecule has 0 aliphatic rings. The molecule has 0 fully saturated rings. The number of para-hydroxylation sites is 1. The second-order valence-corrected chi connectivity index (χ2v) is 4.72. The van der Waals surface area contributed by atoms with Crippen molar-refractivity contribution in [3.05, 3.63) is 78.4 Å². The van der Waals surface area contributed by atoms with Crippen LogP contribution in [-0.2, 0) is 4.74 Å². The molecule has 0 N–H and O–H groups in total. The molecule has 0 bridgehead atoms. The minimum atomic E-state index is 0.473. The van der Waals surface area contributed by atoms with E-state index in [-0.39, 0.29) is 0 Å². The van der Waals surface area contributed by atoms with Crippen LogP contribution >= 0.6 is 0 Å². The number of rotatable bonds is 6. The zero-order chi connectivity index (χ0) is 14.9. The Bertz CT molecular complexity index is 591. The molecule has 21 heavy (non-hydrogen) atoms. The van der Waals surface area contributed by atoms with Gasteiger partial charge in [0, 0.05) is 12.0 Å². The van der Waals surface area contributed by atoms with Crippen molar-refractivity contribution in [3.63, 3.8) is 0 Å². The number of ether oxygens (including phenoxy) is 1. The van der Waals surface area contributed by atoms with E-state index in [1.165, 1.54) is 0 Å². The maximum atomic E-state index is 5.72. The Hall–Kier alpha value is -2.55. The Morgan fingerprint density at radius 1 is 1.00 bits per heavy atom. The lowest BCUT2D eigenvalue weighted by Crippen LogP contribution is -2.10. The van der Waals surface area contributed by atoms with E-state index in [1.54, 1.807) is 0 Å². The lowest BCUT2D eigenvalue weighted by Gasteiger charge is -2.09. The van der Waals surface area contributed by atoms with Crippen LogP contribution in [-0.4, -0.2) is 12.5 Å². The number of oxime groups is 1. The van der Waals surface area contributed by atoms with Gasteiger partial charge in [-0.1, -0.05) is 42.0 Å². The first-order valence-electron chi connectivity index (χ1n) is 6.88. The predicted molar refractivity (Wildman–Crippen MR) is 85.4 cm³/mol. The molecule has 0 spiro atoms. The summed E-state index contributed by atoms with van der Waals surface area (Å²) in [5.41, 5.74) is 1.96. The first-order chi connectivity index (χ1) is 10.3. The van der Waals surface area contributed by atoms with E-state index in [9.17, 15) is 0 Å². The molecule has 108 valence electrons. The topological polar surface area (TPSA) is 30.8 Å². The van der Waals surface area contributed by atoms with E-state index >= 15 is 0 Å². The fourth-order valence-electron chi connectivity index (χ4n) is 1.64. The SMILES string of the molecule is C=C(C)CCO/C(=N\Oc1ccccc1)c1ccccc1. The van der Waals surface area contributed by atoms with Gasteiger partial charge >= 0.3 is 0 Å². The molecule has 0 radical (unpaired) electrons. The summed E-state index contributed by atoms with van der Waals surface area (Å²) in [4.78, 5) is 5.42. The van der Waals surface area contributed by atoms with Gasteiger partial charge in [0.2, 0.25) is 0 Å². The Balaban J connectivity index is 2.09. The van der Waals surface area contributed by atoms with Crippen molar-refractivity contribution in [2.75, 3.05) is 6.61 Å². The molecule has 2 aromatic rings. The van der Waals surface area contributed by atoms with E-state index in [4.69, 9.17) is 9.57 Å². The molecule has 0 heterocycles. The molecule has 0 saturated carbocycles. The summed E-state index contributed by atoms with van der Waals surface area (Å²) in [7, 11) is 0. The molecular weight excluding hydrogens is 262 g/mol. The standard InChI is InChI=1S/C18H19NO2/c1-15(2)13-14-20-18(16-9-5-3-6-10-16)19-21-17-11-7-4-8-12-17/h3-12H,1,13-14H2,2H3/b19-18-. The third-order valence-electron chi connectivity index (χ3n) is 2.77. The predicted octanol–water partition coefficient (Wildman–Crippen LogP) is 4.41. The van der Waals surface area contributed by atoms with Gasteiger partial charge in [0.1, 0.15) is 0 Å². The molecule has 2 aromatic carbocycles. The Labute approximate surface area is 125 Å². The highest BCUT2D eigenvalue weighted by Gasteiger charge is 2.06. The quantitative estimate of drug-likeness (QED) is 0.340. The number of benzene rings is 2. The second kappa shape index (κ2) is 7.90. The summed E-state index contributed by atoms with van der Waals surface area (Å²) in [6, 6.07) is 19.1. The van der Waals surface area contributed by atoms with Crippen molar-refractivity contribution in [2.45, 2.75) is 13.3 Å². The van der Waals surface area contributed by atoms with E-state index in [2.05, 4.69) is 11.7 Å². The molecule has 0 atom stereocenters. The van der Waals surface area contributed by atoms with Crippen molar-refractivity contribution in [1.29, 1.82) is 0 Å². The molecule has 2 rings (SSSR count). The van der Waals surface area contributed by atoms with Gasteiger partial charge < -0.3 is 9.57 Å². The first kappa shape index (κ1) is 14.9. The number of hydrogen-bond donors (Lipinski definition) is 0. The minimum absolute atomic E-state index is 0.473. The first-order valence-corrected chi connectivity index (χ1v) is 6.88. The zero-order valence-electron chi connectivity index (χ0n) is 12.2. The van der Waals surface area contributed by atoms with E-state index in [0.717, 1.165) is 17.6 Å². The second-order valence-electron chi connectivity index (χ2n) is 4.72. The van der Waals surface area contributed by atoms with Gasteiger partial charge in [-0.3, -0.25) is 0 Å². The average Bonchev–Trinajstić information content (AvgIpc) is 2.52. The number of nitrogens with zero attached hydrogens (tertiary/aromatic N) is 1. The van der Waals surface area contributed by atoms with Gasteiger partial charge in [0.05, 0.1) is 6.61 Å². The van der Waals surface area contributed by atoms with Crippen molar-refractivity contribution >= 4 is 5.90 Å². The van der Waals surface area contributed by atoms with E-state index in [0.29, 0.717) is 18.3 Å². The smallest absolute Gasteiger partial charge is 0.258 e. The van der Waals surface area contributed by atoms with Crippen molar-refractivity contribution < 1.29 is 9.57 Å².